The fourth-order valence-corrected chi connectivity index (χ4v) is 2.33. The minimum Gasteiger partial charge on any atom is -0.482 e. The van der Waals surface area contributed by atoms with Crippen LogP contribution < -0.4 is 4.74 Å². The van der Waals surface area contributed by atoms with Gasteiger partial charge >= 0.3 is 5.97 Å². The van der Waals surface area contributed by atoms with Crippen LogP contribution in [-0.4, -0.2) is 22.4 Å². The SMILES string of the molecule is Cc1cc(OCC(=O)OCc2ccn(-c3ccccc3)n2)ccc1Cl. The Labute approximate surface area is 150 Å². The number of halogens is 1. The van der Waals surface area contributed by atoms with Crippen LogP contribution in [0.1, 0.15) is 11.3 Å². The van der Waals surface area contributed by atoms with E-state index in [4.69, 9.17) is 21.1 Å². The lowest BCUT2D eigenvalue weighted by Gasteiger charge is -2.07. The smallest absolute Gasteiger partial charge is 0.344 e. The average Bonchev–Trinajstić information content (AvgIpc) is 3.11. The second-order valence-electron chi connectivity index (χ2n) is 5.45. The number of carbonyl (C=O) groups is 1. The first-order chi connectivity index (χ1) is 12.1. The Morgan fingerprint density at radius 2 is 1.96 bits per heavy atom. The first-order valence-corrected chi connectivity index (χ1v) is 8.14. The topological polar surface area (TPSA) is 53.4 Å². The van der Waals surface area contributed by atoms with Gasteiger partial charge in [0.05, 0.1) is 5.69 Å². The van der Waals surface area contributed by atoms with Crippen molar-refractivity contribution >= 4 is 17.6 Å². The van der Waals surface area contributed by atoms with Gasteiger partial charge < -0.3 is 9.47 Å². The Bertz CT molecular complexity index is 862. The average molecular weight is 357 g/mol. The van der Waals surface area contributed by atoms with Crippen LogP contribution in [0.15, 0.2) is 60.8 Å². The van der Waals surface area contributed by atoms with E-state index in [1.165, 1.54) is 0 Å². The van der Waals surface area contributed by atoms with Crippen LogP contribution in [0.3, 0.4) is 0 Å². The van der Waals surface area contributed by atoms with Crippen molar-refractivity contribution in [1.82, 2.24) is 9.78 Å². The maximum absolute atomic E-state index is 11.8. The zero-order valence-electron chi connectivity index (χ0n) is 13.7. The van der Waals surface area contributed by atoms with Crippen molar-refractivity contribution in [2.45, 2.75) is 13.5 Å². The third kappa shape index (κ3) is 4.61. The molecule has 0 fully saturated rings. The van der Waals surface area contributed by atoms with Crippen LogP contribution in [0.2, 0.25) is 5.02 Å². The highest BCUT2D eigenvalue weighted by Gasteiger charge is 2.08. The number of hydrogen-bond donors (Lipinski definition) is 0. The summed E-state index contributed by atoms with van der Waals surface area (Å²) < 4.78 is 12.3. The van der Waals surface area contributed by atoms with E-state index in [1.54, 1.807) is 22.9 Å². The zero-order chi connectivity index (χ0) is 17.6. The van der Waals surface area contributed by atoms with Crippen LogP contribution in [0, 0.1) is 6.92 Å². The number of nitrogens with zero attached hydrogens (tertiary/aromatic N) is 2. The van der Waals surface area contributed by atoms with Gasteiger partial charge in [0.25, 0.3) is 0 Å². The number of aryl methyl sites for hydroxylation is 1. The normalized spacial score (nSPS) is 10.5. The standard InChI is InChI=1S/C19H17ClN2O3/c1-14-11-17(7-8-18(14)20)24-13-19(23)25-12-15-9-10-22(21-15)16-5-3-2-4-6-16/h2-11H,12-13H2,1H3. The number of para-hydroxylation sites is 1. The molecule has 0 saturated carbocycles. The zero-order valence-corrected chi connectivity index (χ0v) is 14.4. The third-order valence-corrected chi connectivity index (χ3v) is 3.96. The highest BCUT2D eigenvalue weighted by Crippen LogP contribution is 2.21. The van der Waals surface area contributed by atoms with E-state index >= 15 is 0 Å². The van der Waals surface area contributed by atoms with Gasteiger partial charge in [0.2, 0.25) is 0 Å². The summed E-state index contributed by atoms with van der Waals surface area (Å²) in [4.78, 5) is 11.8. The molecule has 0 saturated heterocycles. The molecule has 1 aromatic heterocycles. The van der Waals surface area contributed by atoms with Gasteiger partial charge in [0.1, 0.15) is 18.1 Å². The number of aromatic nitrogens is 2. The Morgan fingerprint density at radius 3 is 2.72 bits per heavy atom. The summed E-state index contributed by atoms with van der Waals surface area (Å²) in [7, 11) is 0. The van der Waals surface area contributed by atoms with Gasteiger partial charge in [-0.2, -0.15) is 5.10 Å². The van der Waals surface area contributed by atoms with Gasteiger partial charge in [0.15, 0.2) is 6.61 Å². The van der Waals surface area contributed by atoms with Crippen molar-refractivity contribution < 1.29 is 14.3 Å². The molecule has 3 aromatic rings. The Kier molecular flexibility index (Phi) is 5.36. The van der Waals surface area contributed by atoms with Crippen molar-refractivity contribution in [3.05, 3.63) is 77.1 Å². The number of hydrogen-bond acceptors (Lipinski definition) is 4. The van der Waals surface area contributed by atoms with E-state index < -0.39 is 5.97 Å². The van der Waals surface area contributed by atoms with Gasteiger partial charge in [-0.3, -0.25) is 0 Å². The molecular formula is C19H17ClN2O3. The summed E-state index contributed by atoms with van der Waals surface area (Å²) in [5, 5.41) is 5.03. The molecule has 1 heterocycles. The number of carbonyl (C=O) groups excluding carboxylic acids is 1. The van der Waals surface area contributed by atoms with Crippen LogP contribution in [-0.2, 0) is 16.1 Å². The molecule has 0 aliphatic carbocycles. The molecular weight excluding hydrogens is 340 g/mol. The lowest BCUT2D eigenvalue weighted by Crippen LogP contribution is -2.15. The predicted octanol–water partition coefficient (Wildman–Crippen LogP) is 3.96. The molecule has 0 atom stereocenters. The molecule has 0 bridgehead atoms. The van der Waals surface area contributed by atoms with Crippen molar-refractivity contribution in [3.8, 4) is 11.4 Å². The van der Waals surface area contributed by atoms with Gasteiger partial charge in [-0.1, -0.05) is 29.8 Å². The second kappa shape index (κ2) is 7.85. The van der Waals surface area contributed by atoms with Crippen molar-refractivity contribution in [1.29, 1.82) is 0 Å². The second-order valence-corrected chi connectivity index (χ2v) is 5.85. The van der Waals surface area contributed by atoms with E-state index in [9.17, 15) is 4.79 Å². The maximum atomic E-state index is 11.8. The molecule has 3 rings (SSSR count). The molecule has 0 amide bonds. The fraction of sp³-hybridized carbons (Fsp3) is 0.158. The molecule has 0 N–H and O–H groups in total. The summed E-state index contributed by atoms with van der Waals surface area (Å²) >= 11 is 5.95. The van der Waals surface area contributed by atoms with Gasteiger partial charge in [-0.05, 0) is 48.9 Å². The minimum atomic E-state index is -0.457. The summed E-state index contributed by atoms with van der Waals surface area (Å²) in [5.74, 6) is 0.120. The van der Waals surface area contributed by atoms with E-state index in [0.717, 1.165) is 11.3 Å². The van der Waals surface area contributed by atoms with E-state index in [1.807, 2.05) is 49.5 Å². The quantitative estimate of drug-likeness (QED) is 0.627. The third-order valence-electron chi connectivity index (χ3n) is 3.53. The first kappa shape index (κ1) is 17.0. The lowest BCUT2D eigenvalue weighted by atomic mass is 10.2. The first-order valence-electron chi connectivity index (χ1n) is 7.76. The fourth-order valence-electron chi connectivity index (χ4n) is 2.21. The van der Waals surface area contributed by atoms with Crippen LogP contribution in [0.25, 0.3) is 5.69 Å². The van der Waals surface area contributed by atoms with Crippen molar-refractivity contribution in [2.24, 2.45) is 0 Å². The highest BCUT2D eigenvalue weighted by molar-refractivity contribution is 6.31. The van der Waals surface area contributed by atoms with Crippen molar-refractivity contribution in [3.63, 3.8) is 0 Å². The van der Waals surface area contributed by atoms with Crippen LogP contribution in [0.4, 0.5) is 0 Å². The maximum Gasteiger partial charge on any atom is 0.344 e. The molecule has 25 heavy (non-hydrogen) atoms. The highest BCUT2D eigenvalue weighted by atomic mass is 35.5. The molecule has 128 valence electrons. The van der Waals surface area contributed by atoms with Gasteiger partial charge in [-0.25, -0.2) is 9.48 Å². The number of rotatable bonds is 6. The summed E-state index contributed by atoms with van der Waals surface area (Å²) in [5.41, 5.74) is 2.50. The molecule has 2 aromatic carbocycles. The Balaban J connectivity index is 1.49. The molecule has 5 nitrogen and oxygen atoms in total. The largest absolute Gasteiger partial charge is 0.482 e. The Morgan fingerprint density at radius 1 is 1.16 bits per heavy atom. The van der Waals surface area contributed by atoms with Gasteiger partial charge in [-0.15, -0.1) is 0 Å². The van der Waals surface area contributed by atoms with Crippen molar-refractivity contribution in [2.75, 3.05) is 6.61 Å². The monoisotopic (exact) mass is 356 g/mol. The predicted molar refractivity (Wildman–Crippen MR) is 95.0 cm³/mol. The minimum absolute atomic E-state index is 0.0989. The number of esters is 1. The van der Waals surface area contributed by atoms with Crippen LogP contribution >= 0.6 is 11.6 Å². The summed E-state index contributed by atoms with van der Waals surface area (Å²) in [6.07, 6.45) is 1.82. The molecule has 0 unspecified atom stereocenters. The number of ether oxygens (including phenoxy) is 2. The number of benzene rings is 2. The van der Waals surface area contributed by atoms with Crippen LogP contribution in [0.5, 0.6) is 5.75 Å². The summed E-state index contributed by atoms with van der Waals surface area (Å²) in [6, 6.07) is 16.7. The van der Waals surface area contributed by atoms with E-state index in [2.05, 4.69) is 5.10 Å². The Hall–Kier alpha value is -2.79. The molecule has 0 aliphatic heterocycles. The molecule has 0 aliphatic rings. The molecule has 6 heteroatoms. The van der Waals surface area contributed by atoms with E-state index in [-0.39, 0.29) is 13.2 Å². The van der Waals surface area contributed by atoms with E-state index in [0.29, 0.717) is 16.5 Å². The lowest BCUT2D eigenvalue weighted by molar-refractivity contribution is -0.147. The summed E-state index contributed by atoms with van der Waals surface area (Å²) in [6.45, 7) is 1.80. The molecule has 0 spiro atoms. The van der Waals surface area contributed by atoms with Gasteiger partial charge in [0, 0.05) is 11.2 Å². The molecule has 0 radical (unpaired) electrons.